The molecule has 0 amide bonds. The van der Waals surface area contributed by atoms with Gasteiger partial charge < -0.3 is 5.73 Å². The highest BCUT2D eigenvalue weighted by Crippen LogP contribution is 2.28. The van der Waals surface area contributed by atoms with Crippen molar-refractivity contribution in [1.29, 1.82) is 0 Å². The van der Waals surface area contributed by atoms with Gasteiger partial charge in [-0.1, -0.05) is 5.21 Å². The van der Waals surface area contributed by atoms with Crippen molar-refractivity contribution in [1.82, 2.24) is 15.0 Å². The second-order valence-electron chi connectivity index (χ2n) is 3.25. The third-order valence-corrected chi connectivity index (χ3v) is 2.09. The molecule has 0 unspecified atom stereocenters. The van der Waals surface area contributed by atoms with E-state index in [-0.39, 0.29) is 0 Å². The molecule has 1 aromatic rings. The van der Waals surface area contributed by atoms with Crippen LogP contribution in [0.4, 0.5) is 0 Å². The van der Waals surface area contributed by atoms with Gasteiger partial charge in [-0.15, -0.1) is 5.10 Å². The lowest BCUT2D eigenvalue weighted by atomic mass is 10.4. The van der Waals surface area contributed by atoms with E-state index in [0.717, 1.165) is 12.4 Å². The van der Waals surface area contributed by atoms with Crippen LogP contribution in [0.15, 0.2) is 17.4 Å². The van der Waals surface area contributed by atoms with Crippen LogP contribution in [0.5, 0.6) is 0 Å². The van der Waals surface area contributed by atoms with E-state index in [1.54, 1.807) is 10.9 Å². The zero-order chi connectivity index (χ0) is 9.10. The van der Waals surface area contributed by atoms with Crippen LogP contribution in [0.3, 0.4) is 0 Å². The van der Waals surface area contributed by atoms with Crippen molar-refractivity contribution < 1.29 is 0 Å². The third kappa shape index (κ3) is 2.27. The Morgan fingerprint density at radius 3 is 3.08 bits per heavy atom. The van der Waals surface area contributed by atoms with E-state index < -0.39 is 0 Å². The van der Waals surface area contributed by atoms with Crippen LogP contribution in [0.1, 0.15) is 12.8 Å². The summed E-state index contributed by atoms with van der Waals surface area (Å²) in [4.78, 5) is 4.27. The second kappa shape index (κ2) is 3.55. The summed E-state index contributed by atoms with van der Waals surface area (Å²) >= 11 is 0. The Balaban J connectivity index is 1.76. The molecule has 2 N–H and O–H groups in total. The minimum absolute atomic E-state index is 0.566. The Bertz CT molecular complexity index is 285. The van der Waals surface area contributed by atoms with Gasteiger partial charge in [-0.2, -0.15) is 0 Å². The normalized spacial score (nSPS) is 17.7. The highest BCUT2D eigenvalue weighted by atomic mass is 15.4. The molecule has 13 heavy (non-hydrogen) atoms. The van der Waals surface area contributed by atoms with Gasteiger partial charge in [-0.05, 0) is 12.8 Å². The zero-order valence-electron chi connectivity index (χ0n) is 7.43. The Labute approximate surface area is 76.6 Å². The van der Waals surface area contributed by atoms with E-state index in [4.69, 9.17) is 5.73 Å². The van der Waals surface area contributed by atoms with Gasteiger partial charge in [0.1, 0.15) is 0 Å². The summed E-state index contributed by atoms with van der Waals surface area (Å²) in [7, 11) is 0. The molecule has 0 atom stereocenters. The van der Waals surface area contributed by atoms with Crippen LogP contribution in [0.2, 0.25) is 0 Å². The summed E-state index contributed by atoms with van der Waals surface area (Å²) < 4.78 is 1.75. The van der Waals surface area contributed by atoms with Crippen molar-refractivity contribution >= 4 is 5.84 Å². The van der Waals surface area contributed by atoms with E-state index in [2.05, 4.69) is 15.3 Å². The molecular formula is C8H13N5. The summed E-state index contributed by atoms with van der Waals surface area (Å²) in [5, 5.41) is 7.53. The molecule has 0 aliphatic heterocycles. The predicted octanol–water partition coefficient (Wildman–Crippen LogP) is 0.0453. The van der Waals surface area contributed by atoms with Crippen molar-refractivity contribution in [3.05, 3.63) is 12.4 Å². The summed E-state index contributed by atoms with van der Waals surface area (Å²) in [6.07, 6.45) is 5.90. The lowest BCUT2D eigenvalue weighted by Crippen LogP contribution is -2.15. The summed E-state index contributed by atoms with van der Waals surface area (Å²) in [5.74, 6) is 1.37. The van der Waals surface area contributed by atoms with Gasteiger partial charge >= 0.3 is 0 Å². The number of amidine groups is 1. The molecule has 0 radical (unpaired) electrons. The Morgan fingerprint density at radius 1 is 1.62 bits per heavy atom. The maximum absolute atomic E-state index is 5.72. The standard InChI is InChI=1S/C8H13N5/c9-8(7-1-2-7)10-3-5-13-6-4-11-12-13/h4,6-7H,1-3,5H2,(H2,9,10). The molecule has 0 saturated heterocycles. The van der Waals surface area contributed by atoms with Gasteiger partial charge in [-0.25, -0.2) is 0 Å². The van der Waals surface area contributed by atoms with Crippen LogP contribution in [0, 0.1) is 5.92 Å². The van der Waals surface area contributed by atoms with E-state index in [0.29, 0.717) is 12.5 Å². The number of hydrogen-bond acceptors (Lipinski definition) is 3. The zero-order valence-corrected chi connectivity index (χ0v) is 7.43. The Hall–Kier alpha value is -1.39. The maximum atomic E-state index is 5.72. The molecule has 1 fully saturated rings. The van der Waals surface area contributed by atoms with E-state index in [9.17, 15) is 0 Å². The third-order valence-electron chi connectivity index (χ3n) is 2.09. The van der Waals surface area contributed by atoms with Crippen molar-refractivity contribution in [2.45, 2.75) is 19.4 Å². The van der Waals surface area contributed by atoms with Gasteiger partial charge in [0.15, 0.2) is 0 Å². The van der Waals surface area contributed by atoms with Crippen molar-refractivity contribution in [3.8, 4) is 0 Å². The fourth-order valence-electron chi connectivity index (χ4n) is 1.14. The Morgan fingerprint density at radius 2 is 2.46 bits per heavy atom. The molecule has 1 aromatic heterocycles. The smallest absolute Gasteiger partial charge is 0.0969 e. The van der Waals surface area contributed by atoms with E-state index >= 15 is 0 Å². The van der Waals surface area contributed by atoms with Gasteiger partial charge in [0.2, 0.25) is 0 Å². The average Bonchev–Trinajstić information content (AvgIpc) is 2.86. The monoisotopic (exact) mass is 179 g/mol. The van der Waals surface area contributed by atoms with Crippen LogP contribution in [-0.2, 0) is 6.54 Å². The molecular weight excluding hydrogens is 166 g/mol. The second-order valence-corrected chi connectivity index (χ2v) is 3.25. The lowest BCUT2D eigenvalue weighted by molar-refractivity contribution is 0.598. The molecule has 0 aromatic carbocycles. The van der Waals surface area contributed by atoms with Crippen LogP contribution in [0.25, 0.3) is 0 Å². The number of aliphatic imine (C=N–C) groups is 1. The van der Waals surface area contributed by atoms with Crippen LogP contribution >= 0.6 is 0 Å². The van der Waals surface area contributed by atoms with Gasteiger partial charge in [-0.3, -0.25) is 9.67 Å². The fraction of sp³-hybridized carbons (Fsp3) is 0.625. The van der Waals surface area contributed by atoms with Gasteiger partial charge in [0, 0.05) is 12.1 Å². The molecule has 1 saturated carbocycles. The predicted molar refractivity (Wildman–Crippen MR) is 49.2 cm³/mol. The first-order chi connectivity index (χ1) is 6.36. The quantitative estimate of drug-likeness (QED) is 0.524. The Kier molecular flexibility index (Phi) is 2.25. The fourth-order valence-corrected chi connectivity index (χ4v) is 1.14. The number of nitrogens with zero attached hydrogens (tertiary/aromatic N) is 4. The summed E-state index contributed by atoms with van der Waals surface area (Å²) in [6.45, 7) is 1.46. The average molecular weight is 179 g/mol. The molecule has 70 valence electrons. The molecule has 0 spiro atoms. The number of rotatable bonds is 4. The van der Waals surface area contributed by atoms with Crippen molar-refractivity contribution in [2.24, 2.45) is 16.6 Å². The number of hydrogen-bond donors (Lipinski definition) is 1. The van der Waals surface area contributed by atoms with E-state index in [1.807, 2.05) is 6.20 Å². The SMILES string of the molecule is NC(=NCCn1ccnn1)C1CC1. The molecule has 1 aliphatic rings. The number of aromatic nitrogens is 3. The number of nitrogens with two attached hydrogens (primary N) is 1. The highest BCUT2D eigenvalue weighted by Gasteiger charge is 2.24. The van der Waals surface area contributed by atoms with Crippen LogP contribution < -0.4 is 5.73 Å². The van der Waals surface area contributed by atoms with E-state index in [1.165, 1.54) is 12.8 Å². The van der Waals surface area contributed by atoms with Crippen molar-refractivity contribution in [2.75, 3.05) is 6.54 Å². The summed E-state index contributed by atoms with van der Waals surface area (Å²) in [5.41, 5.74) is 5.72. The maximum Gasteiger partial charge on any atom is 0.0969 e. The molecule has 5 nitrogen and oxygen atoms in total. The van der Waals surface area contributed by atoms with Crippen LogP contribution in [-0.4, -0.2) is 27.4 Å². The minimum Gasteiger partial charge on any atom is -0.387 e. The largest absolute Gasteiger partial charge is 0.387 e. The molecule has 1 heterocycles. The summed E-state index contributed by atoms with van der Waals surface area (Å²) in [6, 6.07) is 0. The van der Waals surface area contributed by atoms with Gasteiger partial charge in [0.25, 0.3) is 0 Å². The first kappa shape index (κ1) is 8.22. The first-order valence-corrected chi connectivity index (χ1v) is 4.50. The topological polar surface area (TPSA) is 69.1 Å². The minimum atomic E-state index is 0.566. The molecule has 0 bridgehead atoms. The first-order valence-electron chi connectivity index (χ1n) is 4.50. The molecule has 5 heteroatoms. The van der Waals surface area contributed by atoms with Gasteiger partial charge in [0.05, 0.1) is 25.1 Å². The molecule has 1 aliphatic carbocycles. The molecule has 2 rings (SSSR count). The van der Waals surface area contributed by atoms with Crippen molar-refractivity contribution in [3.63, 3.8) is 0 Å². The lowest BCUT2D eigenvalue weighted by Gasteiger charge is -1.98. The highest BCUT2D eigenvalue weighted by molar-refractivity contribution is 5.84.